The van der Waals surface area contributed by atoms with Gasteiger partial charge in [-0.2, -0.15) is 4.39 Å². The highest BCUT2D eigenvalue weighted by molar-refractivity contribution is 5.94. The number of pyridine rings is 1. The first-order valence-electron chi connectivity index (χ1n) is 6.29. The van der Waals surface area contributed by atoms with E-state index in [2.05, 4.69) is 4.98 Å². The summed E-state index contributed by atoms with van der Waals surface area (Å²) < 4.78 is 17.5. The number of amides is 2. The third-order valence-corrected chi connectivity index (χ3v) is 3.16. The average molecular weight is 281 g/mol. The van der Waals surface area contributed by atoms with Gasteiger partial charge in [-0.15, -0.1) is 0 Å². The lowest BCUT2D eigenvalue weighted by Crippen LogP contribution is -2.51. The molecule has 6 nitrogen and oxygen atoms in total. The number of hydrogen-bond acceptors (Lipinski definition) is 4. The molecule has 0 aliphatic carbocycles. The van der Waals surface area contributed by atoms with Gasteiger partial charge in [0.1, 0.15) is 6.61 Å². The van der Waals surface area contributed by atoms with Crippen molar-refractivity contribution in [1.82, 2.24) is 14.8 Å². The number of ether oxygens (including phenoxy) is 1. The maximum absolute atomic E-state index is 12.7. The van der Waals surface area contributed by atoms with Gasteiger partial charge < -0.3 is 14.5 Å². The predicted molar refractivity (Wildman–Crippen MR) is 68.6 cm³/mol. The van der Waals surface area contributed by atoms with Crippen molar-refractivity contribution in [3.05, 3.63) is 29.8 Å². The number of methoxy groups -OCH3 is 1. The Morgan fingerprint density at radius 3 is 2.45 bits per heavy atom. The van der Waals surface area contributed by atoms with Gasteiger partial charge in [0.05, 0.1) is 5.56 Å². The van der Waals surface area contributed by atoms with Crippen molar-refractivity contribution in [2.24, 2.45) is 0 Å². The molecule has 0 spiro atoms. The molecule has 0 radical (unpaired) electrons. The molecule has 1 fully saturated rings. The van der Waals surface area contributed by atoms with Gasteiger partial charge in [0, 0.05) is 39.5 Å². The summed E-state index contributed by atoms with van der Waals surface area (Å²) in [5.41, 5.74) is 0.350. The maximum atomic E-state index is 12.7. The van der Waals surface area contributed by atoms with Gasteiger partial charge in [-0.05, 0) is 12.1 Å². The molecule has 1 aliphatic rings. The van der Waals surface area contributed by atoms with Crippen molar-refractivity contribution in [3.8, 4) is 0 Å². The number of aromatic nitrogens is 1. The van der Waals surface area contributed by atoms with Crippen molar-refractivity contribution < 1.29 is 18.7 Å². The lowest BCUT2D eigenvalue weighted by Gasteiger charge is -2.34. The van der Waals surface area contributed by atoms with Crippen molar-refractivity contribution in [1.29, 1.82) is 0 Å². The number of nitrogens with zero attached hydrogens (tertiary/aromatic N) is 3. The van der Waals surface area contributed by atoms with E-state index >= 15 is 0 Å². The van der Waals surface area contributed by atoms with Crippen LogP contribution in [0.5, 0.6) is 0 Å². The Balaban J connectivity index is 1.92. The quantitative estimate of drug-likeness (QED) is 0.740. The fraction of sp³-hybridized carbons (Fsp3) is 0.462. The molecule has 0 atom stereocenters. The topological polar surface area (TPSA) is 62.7 Å². The Hall–Kier alpha value is -2.02. The van der Waals surface area contributed by atoms with E-state index < -0.39 is 5.95 Å². The normalized spacial score (nSPS) is 15.3. The Bertz CT molecular complexity index is 484. The molecule has 2 amide bonds. The Morgan fingerprint density at radius 1 is 1.25 bits per heavy atom. The minimum atomic E-state index is -0.614. The fourth-order valence-corrected chi connectivity index (χ4v) is 2.06. The van der Waals surface area contributed by atoms with Crippen LogP contribution in [0.25, 0.3) is 0 Å². The first-order valence-corrected chi connectivity index (χ1v) is 6.29. The number of carbonyl (C=O) groups is 2. The van der Waals surface area contributed by atoms with Crippen LogP contribution in [0.15, 0.2) is 18.3 Å². The van der Waals surface area contributed by atoms with E-state index in [9.17, 15) is 14.0 Å². The average Bonchev–Trinajstić information content (AvgIpc) is 2.48. The molecule has 0 N–H and O–H groups in total. The van der Waals surface area contributed by atoms with Gasteiger partial charge in [-0.25, -0.2) is 4.98 Å². The zero-order valence-corrected chi connectivity index (χ0v) is 11.2. The standard InChI is InChI=1S/C13H16FN3O3/c1-20-9-12(18)16-4-6-17(7-5-16)13(19)10-2-3-11(14)15-8-10/h2-3,8H,4-7,9H2,1H3. The van der Waals surface area contributed by atoms with Crippen LogP contribution in [0, 0.1) is 5.95 Å². The summed E-state index contributed by atoms with van der Waals surface area (Å²) in [5.74, 6) is -0.893. The molecule has 1 aromatic rings. The molecule has 2 heterocycles. The zero-order valence-electron chi connectivity index (χ0n) is 11.2. The van der Waals surface area contributed by atoms with Gasteiger partial charge in [0.25, 0.3) is 5.91 Å². The molecule has 7 heteroatoms. The monoisotopic (exact) mass is 281 g/mol. The summed E-state index contributed by atoms with van der Waals surface area (Å²) in [4.78, 5) is 30.5. The van der Waals surface area contributed by atoms with Crippen LogP contribution in [-0.4, -0.2) is 66.5 Å². The van der Waals surface area contributed by atoms with Crippen molar-refractivity contribution in [2.75, 3.05) is 39.9 Å². The van der Waals surface area contributed by atoms with E-state index in [1.165, 1.54) is 19.4 Å². The molecule has 20 heavy (non-hydrogen) atoms. The van der Waals surface area contributed by atoms with Crippen LogP contribution in [0.2, 0.25) is 0 Å². The Kier molecular flexibility index (Phi) is 4.62. The Labute approximate surface area is 116 Å². The molecule has 1 aliphatic heterocycles. The smallest absolute Gasteiger partial charge is 0.255 e. The summed E-state index contributed by atoms with van der Waals surface area (Å²) in [6.07, 6.45) is 1.22. The molecule has 0 bridgehead atoms. The molecular weight excluding hydrogens is 265 g/mol. The summed E-state index contributed by atoms with van der Waals surface area (Å²) in [6, 6.07) is 2.57. The number of hydrogen-bond donors (Lipinski definition) is 0. The van der Waals surface area contributed by atoms with Crippen LogP contribution in [0.3, 0.4) is 0 Å². The second kappa shape index (κ2) is 6.42. The van der Waals surface area contributed by atoms with Gasteiger partial charge >= 0.3 is 0 Å². The van der Waals surface area contributed by atoms with E-state index in [0.717, 1.165) is 6.07 Å². The van der Waals surface area contributed by atoms with E-state index in [1.54, 1.807) is 9.80 Å². The molecule has 0 saturated carbocycles. The molecular formula is C13H16FN3O3. The van der Waals surface area contributed by atoms with Crippen LogP contribution in [-0.2, 0) is 9.53 Å². The van der Waals surface area contributed by atoms with Gasteiger partial charge in [-0.1, -0.05) is 0 Å². The number of carbonyl (C=O) groups excluding carboxylic acids is 2. The first-order chi connectivity index (χ1) is 9.61. The predicted octanol–water partition coefficient (Wildman–Crippen LogP) is 0.151. The van der Waals surface area contributed by atoms with E-state index in [1.807, 2.05) is 0 Å². The molecule has 2 rings (SSSR count). The first kappa shape index (κ1) is 14.4. The van der Waals surface area contributed by atoms with E-state index in [-0.39, 0.29) is 18.4 Å². The van der Waals surface area contributed by atoms with Gasteiger partial charge in [0.2, 0.25) is 11.9 Å². The SMILES string of the molecule is COCC(=O)N1CCN(C(=O)c2ccc(F)nc2)CC1. The molecule has 0 unspecified atom stereocenters. The van der Waals surface area contributed by atoms with Crippen molar-refractivity contribution in [2.45, 2.75) is 0 Å². The number of halogens is 1. The lowest BCUT2D eigenvalue weighted by molar-refractivity contribution is -0.136. The van der Waals surface area contributed by atoms with Gasteiger partial charge in [0.15, 0.2) is 0 Å². The van der Waals surface area contributed by atoms with E-state index in [4.69, 9.17) is 4.74 Å². The largest absolute Gasteiger partial charge is 0.375 e. The minimum absolute atomic E-state index is 0.0514. The lowest BCUT2D eigenvalue weighted by atomic mass is 10.2. The Morgan fingerprint density at radius 2 is 1.90 bits per heavy atom. The second-order valence-electron chi connectivity index (χ2n) is 4.48. The summed E-state index contributed by atoms with van der Waals surface area (Å²) >= 11 is 0. The van der Waals surface area contributed by atoms with E-state index in [0.29, 0.717) is 31.7 Å². The van der Waals surface area contributed by atoms with Crippen LogP contribution < -0.4 is 0 Å². The summed E-state index contributed by atoms with van der Waals surface area (Å²) in [6.45, 7) is 1.90. The fourth-order valence-electron chi connectivity index (χ4n) is 2.06. The summed E-state index contributed by atoms with van der Waals surface area (Å²) in [7, 11) is 1.47. The van der Waals surface area contributed by atoms with Crippen molar-refractivity contribution in [3.63, 3.8) is 0 Å². The van der Waals surface area contributed by atoms with Crippen LogP contribution >= 0.6 is 0 Å². The second-order valence-corrected chi connectivity index (χ2v) is 4.48. The number of piperazine rings is 1. The number of rotatable bonds is 3. The van der Waals surface area contributed by atoms with Gasteiger partial charge in [-0.3, -0.25) is 9.59 Å². The highest BCUT2D eigenvalue weighted by atomic mass is 19.1. The zero-order chi connectivity index (χ0) is 14.5. The molecule has 1 saturated heterocycles. The molecule has 108 valence electrons. The third kappa shape index (κ3) is 3.30. The highest BCUT2D eigenvalue weighted by Gasteiger charge is 2.24. The molecule has 0 aromatic carbocycles. The highest BCUT2D eigenvalue weighted by Crippen LogP contribution is 2.08. The molecule has 1 aromatic heterocycles. The maximum Gasteiger partial charge on any atom is 0.255 e. The van der Waals surface area contributed by atoms with Crippen LogP contribution in [0.4, 0.5) is 4.39 Å². The third-order valence-electron chi connectivity index (χ3n) is 3.16. The van der Waals surface area contributed by atoms with Crippen LogP contribution in [0.1, 0.15) is 10.4 Å². The van der Waals surface area contributed by atoms with Crippen molar-refractivity contribution >= 4 is 11.8 Å². The summed E-state index contributed by atoms with van der Waals surface area (Å²) in [5, 5.41) is 0. The minimum Gasteiger partial charge on any atom is -0.375 e.